The van der Waals surface area contributed by atoms with Crippen LogP contribution in [0.5, 0.6) is 0 Å². The molecule has 0 saturated heterocycles. The minimum Gasteiger partial charge on any atom is -0.449 e. The molecule has 2 bridgehead atoms. The molecular formula is C37H42ClN7O4. The third-order valence-corrected chi connectivity index (χ3v) is 9.72. The van der Waals surface area contributed by atoms with Crippen LogP contribution in [-0.2, 0) is 11.8 Å². The summed E-state index contributed by atoms with van der Waals surface area (Å²) in [6.07, 6.45) is 7.64. The highest BCUT2D eigenvalue weighted by Gasteiger charge is 2.56. The van der Waals surface area contributed by atoms with E-state index < -0.39 is 12.1 Å². The molecule has 1 amide bonds. The van der Waals surface area contributed by atoms with E-state index in [1.54, 1.807) is 43.7 Å². The number of pyridine rings is 2. The van der Waals surface area contributed by atoms with Gasteiger partial charge in [-0.1, -0.05) is 44.5 Å². The zero-order valence-electron chi connectivity index (χ0n) is 28.2. The van der Waals surface area contributed by atoms with Gasteiger partial charge in [-0.3, -0.25) is 14.7 Å². The average Bonchev–Trinajstić information content (AvgIpc) is 3.02. The van der Waals surface area contributed by atoms with Crippen LogP contribution in [0.25, 0.3) is 21.7 Å². The maximum atomic E-state index is 14.3. The van der Waals surface area contributed by atoms with Gasteiger partial charge in [0.2, 0.25) is 0 Å². The Morgan fingerprint density at radius 2 is 2.02 bits per heavy atom. The smallest absolute Gasteiger partial charge is 0.415 e. The van der Waals surface area contributed by atoms with Crippen molar-refractivity contribution in [1.29, 1.82) is 5.26 Å². The summed E-state index contributed by atoms with van der Waals surface area (Å²) in [5.41, 5.74) is 9.27. The quantitative estimate of drug-likeness (QED) is 0.138. The van der Waals surface area contributed by atoms with Crippen molar-refractivity contribution in [2.24, 2.45) is 24.1 Å². The predicted molar refractivity (Wildman–Crippen MR) is 192 cm³/mol. The maximum Gasteiger partial charge on any atom is 0.415 e. The first-order chi connectivity index (χ1) is 23.3. The monoisotopic (exact) mass is 683 g/mol. The molecule has 3 saturated carbocycles. The summed E-state index contributed by atoms with van der Waals surface area (Å²) in [5.74, 6) is 0.734. The number of hydrogen-bond donors (Lipinski definition) is 4. The van der Waals surface area contributed by atoms with Crippen LogP contribution < -0.4 is 26.8 Å². The number of aliphatic hydroxyl groups is 1. The minimum atomic E-state index is -0.955. The Morgan fingerprint density at radius 3 is 2.67 bits per heavy atom. The van der Waals surface area contributed by atoms with Crippen LogP contribution in [0.15, 0.2) is 65.5 Å². The first kappa shape index (κ1) is 34.1. The van der Waals surface area contributed by atoms with E-state index in [2.05, 4.69) is 42.5 Å². The van der Waals surface area contributed by atoms with Crippen LogP contribution in [0.2, 0.25) is 5.02 Å². The fraction of sp³-hybridized carbons (Fsp3) is 0.405. The number of aryl methyl sites for hydroxylation is 1. The lowest BCUT2D eigenvalue weighted by Crippen LogP contribution is -2.65. The molecule has 256 valence electrons. The first-order valence-corrected chi connectivity index (χ1v) is 16.9. The number of hydrogen-bond acceptors (Lipinski definition) is 9. The van der Waals surface area contributed by atoms with E-state index in [0.717, 1.165) is 25.2 Å². The van der Waals surface area contributed by atoms with Crippen molar-refractivity contribution >= 4 is 50.7 Å². The van der Waals surface area contributed by atoms with E-state index >= 15 is 0 Å². The molecule has 2 aromatic heterocycles. The van der Waals surface area contributed by atoms with Crippen LogP contribution >= 0.6 is 11.6 Å². The summed E-state index contributed by atoms with van der Waals surface area (Å²) in [7, 11) is 1.69. The van der Waals surface area contributed by atoms with Gasteiger partial charge in [-0.25, -0.2) is 4.79 Å². The number of nitrogens with two attached hydrogens (primary N) is 1. The number of nitrogens with zero attached hydrogens (tertiary/aromatic N) is 4. The van der Waals surface area contributed by atoms with Crippen molar-refractivity contribution in [2.75, 3.05) is 30.0 Å². The molecule has 0 spiro atoms. The summed E-state index contributed by atoms with van der Waals surface area (Å²) in [6.45, 7) is 6.59. The summed E-state index contributed by atoms with van der Waals surface area (Å²) < 4.78 is 7.24. The summed E-state index contributed by atoms with van der Waals surface area (Å²) in [5, 5.41) is 28.3. The summed E-state index contributed by atoms with van der Waals surface area (Å²) >= 11 is 6.92. The van der Waals surface area contributed by atoms with Gasteiger partial charge in [-0.05, 0) is 65.8 Å². The van der Waals surface area contributed by atoms with E-state index in [9.17, 15) is 20.0 Å². The fourth-order valence-corrected chi connectivity index (χ4v) is 7.01. The number of nitriles is 1. The van der Waals surface area contributed by atoms with E-state index in [-0.39, 0.29) is 41.2 Å². The second kappa shape index (κ2) is 13.3. The molecule has 3 aliphatic carbocycles. The number of carbonyl (C=O) groups excluding carboxylic acids is 1. The number of aromatic nitrogens is 2. The molecule has 1 unspecified atom stereocenters. The molecule has 0 radical (unpaired) electrons. The van der Waals surface area contributed by atoms with Crippen LogP contribution in [0.4, 0.5) is 16.2 Å². The average molecular weight is 684 g/mol. The number of nitrogens with one attached hydrogen (secondary N) is 2. The molecule has 49 heavy (non-hydrogen) atoms. The Hall–Kier alpha value is -4.79. The Labute approximate surface area is 290 Å². The normalized spacial score (nSPS) is 19.0. The zero-order chi connectivity index (χ0) is 35.1. The lowest BCUT2D eigenvalue weighted by Gasteiger charge is -2.62. The lowest BCUT2D eigenvalue weighted by atomic mass is 9.50. The van der Waals surface area contributed by atoms with Crippen molar-refractivity contribution < 1.29 is 14.6 Å². The van der Waals surface area contributed by atoms with E-state index in [1.165, 1.54) is 15.7 Å². The number of amides is 1. The second-order valence-electron chi connectivity index (χ2n) is 14.4. The van der Waals surface area contributed by atoms with E-state index in [4.69, 9.17) is 22.1 Å². The summed E-state index contributed by atoms with van der Waals surface area (Å²) in [4.78, 5) is 33.5. The van der Waals surface area contributed by atoms with Gasteiger partial charge < -0.3 is 30.8 Å². The minimum absolute atomic E-state index is 0.000243. The highest BCUT2D eigenvalue weighted by Crippen LogP contribution is 2.57. The Balaban J connectivity index is 1.58. The molecule has 5 N–H and O–H groups in total. The van der Waals surface area contributed by atoms with Crippen molar-refractivity contribution in [3.63, 3.8) is 0 Å². The van der Waals surface area contributed by atoms with Crippen molar-refractivity contribution in [2.45, 2.75) is 58.0 Å². The van der Waals surface area contributed by atoms with Gasteiger partial charge >= 0.3 is 6.09 Å². The molecule has 4 aromatic rings. The fourth-order valence-electron chi connectivity index (χ4n) is 6.74. The molecule has 0 aliphatic heterocycles. The number of carbonyl (C=O) groups is 1. The first-order valence-electron chi connectivity index (χ1n) is 16.5. The highest BCUT2D eigenvalue weighted by molar-refractivity contribution is 6.36. The highest BCUT2D eigenvalue weighted by atomic mass is 35.5. The largest absolute Gasteiger partial charge is 0.449 e. The SMILES string of the molecule is Cn1ccc2c(C(/C(N)=C/NC34CC(C3)C4)N(C(=O)OCCCO)c3cc(Cl)c4ncc(C#N)c(NCC(C)(C)C)c4c3)cccc2c1=O. The number of anilines is 2. The Bertz CT molecular complexity index is 2050. The Kier molecular flexibility index (Phi) is 9.22. The number of halogens is 1. The van der Waals surface area contributed by atoms with Gasteiger partial charge in [0.15, 0.2) is 0 Å². The zero-order valence-corrected chi connectivity index (χ0v) is 29.0. The predicted octanol–water partition coefficient (Wildman–Crippen LogP) is 6.08. The van der Waals surface area contributed by atoms with Gasteiger partial charge in [0, 0.05) is 61.5 Å². The van der Waals surface area contributed by atoms with Gasteiger partial charge in [0.1, 0.15) is 12.1 Å². The van der Waals surface area contributed by atoms with Gasteiger partial charge in [-0.2, -0.15) is 5.26 Å². The molecule has 12 heteroatoms. The molecule has 3 fully saturated rings. The van der Waals surface area contributed by atoms with Crippen molar-refractivity contribution in [3.8, 4) is 6.07 Å². The number of aliphatic hydroxyl groups excluding tert-OH is 1. The topological polar surface area (TPSA) is 159 Å². The van der Waals surface area contributed by atoms with Crippen molar-refractivity contribution in [3.05, 3.63) is 87.2 Å². The van der Waals surface area contributed by atoms with Gasteiger partial charge in [-0.15, -0.1) is 0 Å². The molecule has 1 atom stereocenters. The molecule has 2 heterocycles. The molecule has 7 rings (SSSR count). The van der Waals surface area contributed by atoms with Gasteiger partial charge in [0.05, 0.1) is 39.8 Å². The van der Waals surface area contributed by atoms with Crippen LogP contribution in [0.3, 0.4) is 0 Å². The number of ether oxygens (including phenoxy) is 1. The molecular weight excluding hydrogens is 642 g/mol. The molecule has 3 aliphatic rings. The van der Waals surface area contributed by atoms with Gasteiger partial charge in [0.25, 0.3) is 5.56 Å². The van der Waals surface area contributed by atoms with Crippen LogP contribution in [0, 0.1) is 22.7 Å². The maximum absolute atomic E-state index is 14.3. The third kappa shape index (κ3) is 6.63. The number of fused-ring (bicyclic) bond motifs is 2. The van der Waals surface area contributed by atoms with Crippen molar-refractivity contribution in [1.82, 2.24) is 14.9 Å². The third-order valence-electron chi connectivity index (χ3n) is 9.44. The van der Waals surface area contributed by atoms with E-state index in [0.29, 0.717) is 56.4 Å². The van der Waals surface area contributed by atoms with E-state index in [1.807, 2.05) is 12.1 Å². The molecule has 2 aromatic carbocycles. The molecule has 11 nitrogen and oxygen atoms in total. The standard InChI is InChI=1S/C37H42ClN7O4/c1-36(2,3)21-42-31-23(18-39)19-41-32-28(31)13-24(14-29(32)38)45(35(48)49-12-6-11-46)33(30(40)20-43-37-15-22(16-37)17-37)26-7-5-8-27-25(26)9-10-44(4)34(27)47/h5,7-10,13-14,19-20,22,33,43,46H,6,11-12,15-17,21,40H2,1-4H3,(H,41,42)/b30-20-. The van der Waals surface area contributed by atoms with Crippen LogP contribution in [0.1, 0.15) is 63.6 Å². The summed E-state index contributed by atoms with van der Waals surface area (Å²) in [6, 6.07) is 11.9. The Morgan fingerprint density at radius 1 is 1.27 bits per heavy atom. The van der Waals surface area contributed by atoms with Crippen LogP contribution in [-0.4, -0.2) is 46.0 Å². The lowest BCUT2D eigenvalue weighted by molar-refractivity contribution is -0.0401. The number of benzene rings is 2. The second-order valence-corrected chi connectivity index (χ2v) is 14.9. The number of rotatable bonds is 11.